The molecule has 0 saturated carbocycles. The Morgan fingerprint density at radius 1 is 1.35 bits per heavy atom. The molecule has 0 aliphatic carbocycles. The van der Waals surface area contributed by atoms with Crippen LogP contribution >= 0.6 is 0 Å². The summed E-state index contributed by atoms with van der Waals surface area (Å²) in [6, 6.07) is 7.16. The molecule has 17 heavy (non-hydrogen) atoms. The van der Waals surface area contributed by atoms with E-state index in [2.05, 4.69) is 12.2 Å². The second kappa shape index (κ2) is 6.91. The van der Waals surface area contributed by atoms with E-state index in [1.807, 2.05) is 12.1 Å². The highest BCUT2D eigenvalue weighted by molar-refractivity contribution is 5.66. The van der Waals surface area contributed by atoms with Crippen molar-refractivity contribution in [3.8, 4) is 5.75 Å². The van der Waals surface area contributed by atoms with Crippen molar-refractivity contribution >= 4 is 5.97 Å². The van der Waals surface area contributed by atoms with Gasteiger partial charge in [0.25, 0.3) is 0 Å². The molecule has 0 saturated heterocycles. The summed E-state index contributed by atoms with van der Waals surface area (Å²) in [5.74, 6) is -0.130. The van der Waals surface area contributed by atoms with Gasteiger partial charge in [-0.2, -0.15) is 0 Å². The van der Waals surface area contributed by atoms with Crippen molar-refractivity contribution in [3.05, 3.63) is 29.8 Å². The van der Waals surface area contributed by atoms with Crippen molar-refractivity contribution < 1.29 is 15.0 Å². The van der Waals surface area contributed by atoms with Crippen LogP contribution < -0.4 is 5.32 Å². The lowest BCUT2D eigenvalue weighted by Gasteiger charge is -2.12. The molecule has 94 valence electrons. The molecule has 0 amide bonds. The number of carbonyl (C=O) groups is 1. The molecule has 0 radical (unpaired) electrons. The van der Waals surface area contributed by atoms with Crippen LogP contribution in [0.2, 0.25) is 0 Å². The van der Waals surface area contributed by atoms with E-state index in [1.165, 1.54) is 0 Å². The normalized spacial score (nSPS) is 12.3. The molecule has 4 nitrogen and oxygen atoms in total. The molecule has 0 aliphatic rings. The molecule has 1 aromatic carbocycles. The minimum absolute atomic E-state index is 0.209. The number of nitrogens with one attached hydrogen (secondary N) is 1. The summed E-state index contributed by atoms with van der Waals surface area (Å²) < 4.78 is 0. The van der Waals surface area contributed by atoms with Crippen LogP contribution in [0, 0.1) is 0 Å². The third kappa shape index (κ3) is 5.36. The average Bonchev–Trinajstić information content (AvgIpc) is 2.29. The Bertz CT molecular complexity index is 348. The molecule has 0 fully saturated rings. The van der Waals surface area contributed by atoms with Crippen molar-refractivity contribution in [1.29, 1.82) is 0 Å². The van der Waals surface area contributed by atoms with Crippen LogP contribution in [0.4, 0.5) is 0 Å². The van der Waals surface area contributed by atoms with Crippen molar-refractivity contribution in [3.63, 3.8) is 0 Å². The molecule has 0 spiro atoms. The first-order valence-corrected chi connectivity index (χ1v) is 5.81. The van der Waals surface area contributed by atoms with Gasteiger partial charge in [-0.1, -0.05) is 19.1 Å². The Morgan fingerprint density at radius 2 is 2.00 bits per heavy atom. The SMILES string of the molecule is CC(CNCCCC(=O)O)c1ccc(O)cc1. The Hall–Kier alpha value is -1.55. The summed E-state index contributed by atoms with van der Waals surface area (Å²) in [6.07, 6.45) is 0.859. The number of hydrogen-bond donors (Lipinski definition) is 3. The maximum Gasteiger partial charge on any atom is 0.303 e. The highest BCUT2D eigenvalue weighted by Gasteiger charge is 2.04. The van der Waals surface area contributed by atoms with E-state index in [4.69, 9.17) is 10.2 Å². The van der Waals surface area contributed by atoms with Gasteiger partial charge in [0, 0.05) is 13.0 Å². The van der Waals surface area contributed by atoms with Gasteiger partial charge in [-0.05, 0) is 36.6 Å². The maximum absolute atomic E-state index is 10.3. The van der Waals surface area contributed by atoms with Gasteiger partial charge >= 0.3 is 5.97 Å². The monoisotopic (exact) mass is 237 g/mol. The van der Waals surface area contributed by atoms with Crippen LogP contribution in [0.1, 0.15) is 31.2 Å². The highest BCUT2D eigenvalue weighted by Crippen LogP contribution is 2.17. The lowest BCUT2D eigenvalue weighted by molar-refractivity contribution is -0.137. The van der Waals surface area contributed by atoms with E-state index >= 15 is 0 Å². The van der Waals surface area contributed by atoms with E-state index < -0.39 is 5.97 Å². The van der Waals surface area contributed by atoms with E-state index in [1.54, 1.807) is 12.1 Å². The molecule has 0 heterocycles. The third-order valence-corrected chi connectivity index (χ3v) is 2.66. The second-order valence-electron chi connectivity index (χ2n) is 4.19. The lowest BCUT2D eigenvalue weighted by atomic mass is 10.0. The fraction of sp³-hybridized carbons (Fsp3) is 0.462. The first-order valence-electron chi connectivity index (χ1n) is 5.81. The summed E-state index contributed by atoms with van der Waals surface area (Å²) in [5, 5.41) is 20.9. The van der Waals surface area contributed by atoms with Crippen molar-refractivity contribution in [2.75, 3.05) is 13.1 Å². The molecule has 0 bridgehead atoms. The van der Waals surface area contributed by atoms with Crippen LogP contribution in [0.15, 0.2) is 24.3 Å². The summed E-state index contributed by atoms with van der Waals surface area (Å²) >= 11 is 0. The topological polar surface area (TPSA) is 69.6 Å². The van der Waals surface area contributed by atoms with Gasteiger partial charge in [0.05, 0.1) is 0 Å². The molecule has 3 N–H and O–H groups in total. The van der Waals surface area contributed by atoms with Crippen LogP contribution in [-0.4, -0.2) is 29.3 Å². The number of phenolic OH excluding ortho intramolecular Hbond substituents is 1. The van der Waals surface area contributed by atoms with E-state index in [-0.39, 0.29) is 12.2 Å². The van der Waals surface area contributed by atoms with Gasteiger partial charge in [0.1, 0.15) is 5.75 Å². The molecule has 1 unspecified atom stereocenters. The standard InChI is InChI=1S/C13H19NO3/c1-10(9-14-8-2-3-13(16)17)11-4-6-12(15)7-5-11/h4-7,10,14-15H,2-3,8-9H2,1H3,(H,16,17). The largest absolute Gasteiger partial charge is 0.508 e. The number of carboxylic acids is 1. The van der Waals surface area contributed by atoms with E-state index in [9.17, 15) is 4.79 Å². The summed E-state index contributed by atoms with van der Waals surface area (Å²) in [6.45, 7) is 3.62. The molecule has 0 aromatic heterocycles. The molecular formula is C13H19NO3. The van der Waals surface area contributed by atoms with E-state index in [0.717, 1.165) is 12.1 Å². The van der Waals surface area contributed by atoms with Crippen molar-refractivity contribution in [1.82, 2.24) is 5.32 Å². The number of benzene rings is 1. The predicted octanol–water partition coefficient (Wildman–Crippen LogP) is 1.95. The molecule has 1 rings (SSSR count). The van der Waals surface area contributed by atoms with Crippen LogP contribution in [0.5, 0.6) is 5.75 Å². The zero-order chi connectivity index (χ0) is 12.7. The predicted molar refractivity (Wildman–Crippen MR) is 66.3 cm³/mol. The fourth-order valence-electron chi connectivity index (χ4n) is 1.60. The number of aromatic hydroxyl groups is 1. The molecule has 0 aliphatic heterocycles. The van der Waals surface area contributed by atoms with Crippen LogP contribution in [0.25, 0.3) is 0 Å². The molecule has 1 atom stereocenters. The highest BCUT2D eigenvalue weighted by atomic mass is 16.4. The van der Waals surface area contributed by atoms with Gasteiger partial charge in [0.15, 0.2) is 0 Å². The first-order chi connectivity index (χ1) is 8.09. The smallest absolute Gasteiger partial charge is 0.303 e. The Balaban J connectivity index is 2.23. The van der Waals surface area contributed by atoms with Gasteiger partial charge in [0.2, 0.25) is 0 Å². The molecule has 1 aromatic rings. The Kier molecular flexibility index (Phi) is 5.49. The second-order valence-corrected chi connectivity index (χ2v) is 4.19. The van der Waals surface area contributed by atoms with Crippen molar-refractivity contribution in [2.24, 2.45) is 0 Å². The maximum atomic E-state index is 10.3. The van der Waals surface area contributed by atoms with Crippen molar-refractivity contribution in [2.45, 2.75) is 25.7 Å². The summed E-state index contributed by atoms with van der Waals surface area (Å²) in [7, 11) is 0. The quantitative estimate of drug-likeness (QED) is 0.634. The van der Waals surface area contributed by atoms with Crippen LogP contribution in [-0.2, 0) is 4.79 Å². The number of carboxylic acid groups (broad SMARTS) is 1. The fourth-order valence-corrected chi connectivity index (χ4v) is 1.60. The average molecular weight is 237 g/mol. The minimum Gasteiger partial charge on any atom is -0.508 e. The molecular weight excluding hydrogens is 218 g/mol. The number of aliphatic carboxylic acids is 1. The lowest BCUT2D eigenvalue weighted by Crippen LogP contribution is -2.21. The Morgan fingerprint density at radius 3 is 2.59 bits per heavy atom. The minimum atomic E-state index is -0.751. The number of hydrogen-bond acceptors (Lipinski definition) is 3. The van der Waals surface area contributed by atoms with E-state index in [0.29, 0.717) is 18.9 Å². The van der Waals surface area contributed by atoms with Gasteiger partial charge in [-0.25, -0.2) is 0 Å². The van der Waals surface area contributed by atoms with Gasteiger partial charge < -0.3 is 15.5 Å². The third-order valence-electron chi connectivity index (χ3n) is 2.66. The van der Waals surface area contributed by atoms with Crippen LogP contribution in [0.3, 0.4) is 0 Å². The van der Waals surface area contributed by atoms with Gasteiger partial charge in [-0.15, -0.1) is 0 Å². The van der Waals surface area contributed by atoms with Gasteiger partial charge in [-0.3, -0.25) is 4.79 Å². The summed E-state index contributed by atoms with van der Waals surface area (Å²) in [5.41, 5.74) is 1.16. The first kappa shape index (κ1) is 13.5. The Labute approximate surface area is 101 Å². The molecule has 4 heteroatoms. The number of rotatable bonds is 7. The summed E-state index contributed by atoms with van der Waals surface area (Å²) in [4.78, 5) is 10.3. The number of phenols is 1. The zero-order valence-corrected chi connectivity index (χ0v) is 10.0. The zero-order valence-electron chi connectivity index (χ0n) is 10.0.